The molecule has 0 unspecified atom stereocenters. The van der Waals surface area contributed by atoms with Gasteiger partial charge in [0, 0.05) is 11.6 Å². The van der Waals surface area contributed by atoms with Crippen molar-refractivity contribution < 1.29 is 19.8 Å². The highest BCUT2D eigenvalue weighted by Gasteiger charge is 2.20. The van der Waals surface area contributed by atoms with Gasteiger partial charge in [0.05, 0.1) is 0 Å². The number of hydrogen-bond acceptors (Lipinski definition) is 2. The van der Waals surface area contributed by atoms with Crippen molar-refractivity contribution in [3.05, 3.63) is 24.8 Å². The van der Waals surface area contributed by atoms with E-state index in [2.05, 4.69) is 13.2 Å². The summed E-state index contributed by atoms with van der Waals surface area (Å²) in [7, 11) is 0. The highest BCUT2D eigenvalue weighted by atomic mass is 16.4. The monoisotopic (exact) mass is 226 g/mol. The normalized spacial score (nSPS) is 15.5. The van der Waals surface area contributed by atoms with Gasteiger partial charge in [0.25, 0.3) is 0 Å². The molecule has 0 aromatic heterocycles. The summed E-state index contributed by atoms with van der Waals surface area (Å²) in [4.78, 5) is 19.7. The smallest absolute Gasteiger partial charge is 0.331 e. The highest BCUT2D eigenvalue weighted by Crippen LogP contribution is 2.28. The molecule has 4 heteroatoms. The molecule has 1 aliphatic rings. The second kappa shape index (κ2) is 7.68. The Kier molecular flexibility index (Phi) is 6.92. The maximum Gasteiger partial charge on any atom is 0.331 e. The predicted molar refractivity (Wildman–Crippen MR) is 61.2 cm³/mol. The van der Waals surface area contributed by atoms with E-state index in [-0.39, 0.29) is 5.92 Å². The van der Waals surface area contributed by atoms with Gasteiger partial charge in [-0.2, -0.15) is 0 Å². The van der Waals surface area contributed by atoms with Gasteiger partial charge in [-0.3, -0.25) is 0 Å². The molecule has 0 bridgehead atoms. The first-order chi connectivity index (χ1) is 7.49. The van der Waals surface area contributed by atoms with E-state index in [4.69, 9.17) is 10.2 Å². The summed E-state index contributed by atoms with van der Waals surface area (Å²) in [5, 5.41) is 16.2. The first-order valence-corrected chi connectivity index (χ1v) is 5.26. The summed E-state index contributed by atoms with van der Waals surface area (Å²) in [5.41, 5.74) is 0.407. The van der Waals surface area contributed by atoms with Crippen molar-refractivity contribution in [3.8, 4) is 0 Å². The van der Waals surface area contributed by atoms with Crippen LogP contribution in [0.1, 0.15) is 32.1 Å². The van der Waals surface area contributed by atoms with E-state index < -0.39 is 11.9 Å². The first-order valence-electron chi connectivity index (χ1n) is 5.26. The molecule has 90 valence electrons. The summed E-state index contributed by atoms with van der Waals surface area (Å²) in [6.45, 7) is 6.54. The maximum atomic E-state index is 10.5. The van der Waals surface area contributed by atoms with Crippen LogP contribution in [-0.4, -0.2) is 22.2 Å². The standard InChI is InChI=1S/C9H14O2.C3H4O2/c1-7(9(10)11)8-5-3-2-4-6-8;1-2-3(4)5/h8H,1-6H2,(H,10,11);2H,1H2,(H,4,5). The Bertz CT molecular complexity index is 275. The summed E-state index contributed by atoms with van der Waals surface area (Å²) in [5.74, 6) is -1.55. The third-order valence-electron chi connectivity index (χ3n) is 2.55. The lowest BCUT2D eigenvalue weighted by Gasteiger charge is -2.20. The van der Waals surface area contributed by atoms with Gasteiger partial charge in [-0.1, -0.05) is 32.4 Å². The van der Waals surface area contributed by atoms with Crippen molar-refractivity contribution in [2.24, 2.45) is 5.92 Å². The molecule has 0 heterocycles. The van der Waals surface area contributed by atoms with E-state index in [1.807, 2.05) is 0 Å². The summed E-state index contributed by atoms with van der Waals surface area (Å²) in [6, 6.07) is 0. The Balaban J connectivity index is 0.000000385. The molecule has 0 radical (unpaired) electrons. The highest BCUT2D eigenvalue weighted by molar-refractivity contribution is 5.86. The number of aliphatic carboxylic acids is 2. The molecule has 4 nitrogen and oxygen atoms in total. The van der Waals surface area contributed by atoms with Crippen LogP contribution in [0.3, 0.4) is 0 Å². The lowest BCUT2D eigenvalue weighted by Crippen LogP contribution is -2.14. The largest absolute Gasteiger partial charge is 0.478 e. The van der Waals surface area contributed by atoms with E-state index in [0.29, 0.717) is 5.57 Å². The fraction of sp³-hybridized carbons (Fsp3) is 0.500. The lowest BCUT2D eigenvalue weighted by atomic mass is 9.84. The zero-order chi connectivity index (χ0) is 12.6. The van der Waals surface area contributed by atoms with Crippen LogP contribution in [0.4, 0.5) is 0 Å². The molecule has 1 saturated carbocycles. The van der Waals surface area contributed by atoms with Crippen molar-refractivity contribution in [2.75, 3.05) is 0 Å². The Hall–Kier alpha value is -1.58. The van der Waals surface area contributed by atoms with Crippen molar-refractivity contribution in [1.82, 2.24) is 0 Å². The Morgan fingerprint density at radius 2 is 1.56 bits per heavy atom. The van der Waals surface area contributed by atoms with E-state index in [9.17, 15) is 9.59 Å². The Morgan fingerprint density at radius 3 is 1.88 bits per heavy atom. The predicted octanol–water partition coefficient (Wildman–Crippen LogP) is 2.46. The molecular weight excluding hydrogens is 208 g/mol. The van der Waals surface area contributed by atoms with Crippen LogP contribution in [0, 0.1) is 5.92 Å². The number of carbonyl (C=O) groups is 2. The maximum absolute atomic E-state index is 10.5. The minimum absolute atomic E-state index is 0.251. The van der Waals surface area contributed by atoms with Crippen molar-refractivity contribution in [3.63, 3.8) is 0 Å². The minimum atomic E-state index is -0.981. The quantitative estimate of drug-likeness (QED) is 0.725. The third kappa shape index (κ3) is 6.01. The summed E-state index contributed by atoms with van der Waals surface area (Å²) >= 11 is 0. The zero-order valence-corrected chi connectivity index (χ0v) is 9.32. The van der Waals surface area contributed by atoms with Gasteiger partial charge in [0.15, 0.2) is 0 Å². The molecule has 1 fully saturated rings. The lowest BCUT2D eigenvalue weighted by molar-refractivity contribution is -0.133. The second-order valence-corrected chi connectivity index (χ2v) is 3.71. The molecule has 0 aliphatic heterocycles. The zero-order valence-electron chi connectivity index (χ0n) is 9.32. The van der Waals surface area contributed by atoms with Crippen LogP contribution in [0.2, 0.25) is 0 Å². The van der Waals surface area contributed by atoms with Crippen LogP contribution in [0.15, 0.2) is 24.8 Å². The van der Waals surface area contributed by atoms with Gasteiger partial charge in [-0.05, 0) is 18.8 Å². The van der Waals surface area contributed by atoms with Crippen LogP contribution in [0.5, 0.6) is 0 Å². The summed E-state index contributed by atoms with van der Waals surface area (Å²) in [6.07, 6.45) is 6.45. The van der Waals surface area contributed by atoms with Crippen LogP contribution in [0.25, 0.3) is 0 Å². The first kappa shape index (κ1) is 14.4. The van der Waals surface area contributed by atoms with Gasteiger partial charge >= 0.3 is 11.9 Å². The molecule has 16 heavy (non-hydrogen) atoms. The van der Waals surface area contributed by atoms with Gasteiger partial charge in [-0.25, -0.2) is 9.59 Å². The number of rotatable bonds is 3. The number of carboxylic acid groups (broad SMARTS) is 2. The SMILES string of the molecule is C=C(C(=O)O)C1CCCCC1.C=CC(=O)O. The fourth-order valence-electron chi connectivity index (χ4n) is 1.63. The number of carboxylic acids is 2. The Morgan fingerprint density at radius 1 is 1.12 bits per heavy atom. The fourth-order valence-corrected chi connectivity index (χ4v) is 1.63. The Labute approximate surface area is 95.3 Å². The van der Waals surface area contributed by atoms with E-state index >= 15 is 0 Å². The van der Waals surface area contributed by atoms with Gasteiger partial charge in [0.2, 0.25) is 0 Å². The van der Waals surface area contributed by atoms with Gasteiger partial charge in [-0.15, -0.1) is 0 Å². The molecule has 0 amide bonds. The van der Waals surface area contributed by atoms with Crippen LogP contribution >= 0.6 is 0 Å². The molecule has 0 aromatic rings. The van der Waals surface area contributed by atoms with Crippen LogP contribution in [-0.2, 0) is 9.59 Å². The van der Waals surface area contributed by atoms with Crippen molar-refractivity contribution >= 4 is 11.9 Å². The van der Waals surface area contributed by atoms with Crippen molar-refractivity contribution in [1.29, 1.82) is 0 Å². The average molecular weight is 226 g/mol. The average Bonchev–Trinajstić information content (AvgIpc) is 2.29. The number of hydrogen-bond donors (Lipinski definition) is 2. The van der Waals surface area contributed by atoms with E-state index in [0.717, 1.165) is 31.8 Å². The second-order valence-electron chi connectivity index (χ2n) is 3.71. The van der Waals surface area contributed by atoms with Gasteiger partial charge < -0.3 is 10.2 Å². The molecular formula is C12H18O4. The molecule has 0 aromatic carbocycles. The molecule has 0 spiro atoms. The van der Waals surface area contributed by atoms with E-state index in [1.54, 1.807) is 0 Å². The molecule has 0 saturated heterocycles. The third-order valence-corrected chi connectivity index (χ3v) is 2.55. The van der Waals surface area contributed by atoms with Crippen molar-refractivity contribution in [2.45, 2.75) is 32.1 Å². The minimum Gasteiger partial charge on any atom is -0.478 e. The molecule has 1 aliphatic carbocycles. The van der Waals surface area contributed by atoms with E-state index in [1.165, 1.54) is 6.42 Å². The molecule has 1 rings (SSSR count). The molecule has 0 atom stereocenters. The van der Waals surface area contributed by atoms with Crippen LogP contribution < -0.4 is 0 Å². The topological polar surface area (TPSA) is 74.6 Å². The van der Waals surface area contributed by atoms with Gasteiger partial charge in [0.1, 0.15) is 0 Å². The summed E-state index contributed by atoms with van der Waals surface area (Å²) < 4.78 is 0. The molecule has 2 N–H and O–H groups in total.